The molecule has 0 unspecified atom stereocenters. The molecular formula is C9H10FNO3. The van der Waals surface area contributed by atoms with Crippen LogP contribution in [-0.4, -0.2) is 28.8 Å². The highest BCUT2D eigenvalue weighted by molar-refractivity contribution is 5.77. The zero-order chi connectivity index (χ0) is 10.6. The van der Waals surface area contributed by atoms with Gasteiger partial charge in [-0.15, -0.1) is 0 Å². The summed E-state index contributed by atoms with van der Waals surface area (Å²) < 4.78 is 13.3. The second-order valence-corrected chi connectivity index (χ2v) is 2.68. The van der Waals surface area contributed by atoms with Crippen LogP contribution in [0.3, 0.4) is 0 Å². The van der Waals surface area contributed by atoms with Crippen LogP contribution in [0.1, 0.15) is 0 Å². The Morgan fingerprint density at radius 2 is 2.00 bits per heavy atom. The van der Waals surface area contributed by atoms with Gasteiger partial charge in [0.1, 0.15) is 0 Å². The molecule has 1 aromatic carbocycles. The zero-order valence-corrected chi connectivity index (χ0v) is 7.30. The average Bonchev–Trinajstić information content (AvgIpc) is 2.19. The van der Waals surface area contributed by atoms with E-state index in [0.29, 0.717) is 0 Å². The molecule has 14 heavy (non-hydrogen) atoms. The number of para-hydroxylation sites is 1. The number of benzene rings is 1. The molecule has 2 N–H and O–H groups in total. The van der Waals surface area contributed by atoms with E-state index in [1.165, 1.54) is 12.1 Å². The van der Waals surface area contributed by atoms with E-state index >= 15 is 0 Å². The monoisotopic (exact) mass is 199 g/mol. The van der Waals surface area contributed by atoms with Crippen LogP contribution in [0.25, 0.3) is 0 Å². The summed E-state index contributed by atoms with van der Waals surface area (Å²) in [4.78, 5) is 10.5. The number of rotatable bonds is 4. The molecule has 0 heterocycles. The number of hydrogen-bond donors (Lipinski definition) is 2. The predicted octanol–water partition coefficient (Wildman–Crippen LogP) is 0.823. The fourth-order valence-electron chi connectivity index (χ4n) is 0.997. The molecule has 76 valence electrons. The molecule has 1 aromatic rings. The maximum atomic E-state index is 13.3. The molecule has 0 fully saturated rings. The summed E-state index contributed by atoms with van der Waals surface area (Å²) in [5.41, 5.74) is 0.106. The molecule has 0 bridgehead atoms. The summed E-state index contributed by atoms with van der Waals surface area (Å²) in [5.74, 6) is -1.40. The van der Waals surface area contributed by atoms with Crippen LogP contribution in [0, 0.1) is 0 Å². The van der Waals surface area contributed by atoms with E-state index in [2.05, 4.69) is 0 Å². The Morgan fingerprint density at radius 1 is 1.43 bits per heavy atom. The maximum Gasteiger partial charge on any atom is 0.331 e. The molecule has 4 nitrogen and oxygen atoms in total. The number of aliphatic hydroxyl groups excluding tert-OH is 1. The van der Waals surface area contributed by atoms with Crippen LogP contribution in [0.2, 0.25) is 0 Å². The standard InChI is InChI=1S/C9H10FNO3/c10-11(8(6-12)9(13)14)7-4-2-1-3-5-7/h1-5,8,12H,6H2,(H,13,14)/t8-/m0/s1. The van der Waals surface area contributed by atoms with Gasteiger partial charge in [-0.1, -0.05) is 22.7 Å². The van der Waals surface area contributed by atoms with Gasteiger partial charge < -0.3 is 10.2 Å². The molecule has 5 heteroatoms. The quantitative estimate of drug-likeness (QED) is 0.705. The van der Waals surface area contributed by atoms with Crippen molar-refractivity contribution in [2.24, 2.45) is 0 Å². The van der Waals surface area contributed by atoms with Gasteiger partial charge in [0.05, 0.1) is 12.3 Å². The number of aliphatic carboxylic acids is 1. The predicted molar refractivity (Wildman–Crippen MR) is 48.5 cm³/mol. The molecule has 0 aromatic heterocycles. The maximum absolute atomic E-state index is 13.3. The van der Waals surface area contributed by atoms with Crippen molar-refractivity contribution >= 4 is 11.7 Å². The number of nitrogens with zero attached hydrogens (tertiary/aromatic N) is 1. The van der Waals surface area contributed by atoms with E-state index in [1.807, 2.05) is 0 Å². The van der Waals surface area contributed by atoms with Crippen molar-refractivity contribution in [2.75, 3.05) is 11.7 Å². The second-order valence-electron chi connectivity index (χ2n) is 2.68. The van der Waals surface area contributed by atoms with Crippen molar-refractivity contribution in [3.8, 4) is 0 Å². The Morgan fingerprint density at radius 3 is 2.43 bits per heavy atom. The lowest BCUT2D eigenvalue weighted by molar-refractivity contribution is -0.140. The van der Waals surface area contributed by atoms with Crippen LogP contribution >= 0.6 is 0 Å². The molecule has 0 aliphatic rings. The number of hydrogen-bond acceptors (Lipinski definition) is 3. The highest BCUT2D eigenvalue weighted by Gasteiger charge is 2.25. The van der Waals surface area contributed by atoms with E-state index in [0.717, 1.165) is 0 Å². The molecule has 0 saturated carbocycles. The molecule has 1 rings (SSSR count). The van der Waals surface area contributed by atoms with Crippen molar-refractivity contribution < 1.29 is 19.5 Å². The largest absolute Gasteiger partial charge is 0.480 e. The van der Waals surface area contributed by atoms with Gasteiger partial charge in [0.15, 0.2) is 6.04 Å². The van der Waals surface area contributed by atoms with Gasteiger partial charge in [0.25, 0.3) is 0 Å². The van der Waals surface area contributed by atoms with E-state index in [1.54, 1.807) is 18.2 Å². The second kappa shape index (κ2) is 4.57. The summed E-state index contributed by atoms with van der Waals surface area (Å²) in [6.45, 7) is -0.777. The van der Waals surface area contributed by atoms with E-state index in [-0.39, 0.29) is 10.8 Å². The van der Waals surface area contributed by atoms with Gasteiger partial charge in [0.2, 0.25) is 0 Å². The minimum absolute atomic E-state index is 0.0301. The van der Waals surface area contributed by atoms with Gasteiger partial charge >= 0.3 is 5.97 Å². The molecule has 0 amide bonds. The summed E-state index contributed by atoms with van der Waals surface area (Å²) in [6, 6.07) is 6.14. The van der Waals surface area contributed by atoms with Crippen LogP contribution in [0.15, 0.2) is 30.3 Å². The Balaban J connectivity index is 2.83. The van der Waals surface area contributed by atoms with Crippen LogP contribution in [-0.2, 0) is 4.79 Å². The molecular weight excluding hydrogens is 189 g/mol. The highest BCUT2D eigenvalue weighted by atomic mass is 19.2. The summed E-state index contributed by atoms with van der Waals surface area (Å²) in [6.07, 6.45) is 0. The minimum atomic E-state index is -1.56. The SMILES string of the molecule is O=C(O)[C@H](CO)N(F)c1ccccc1. The normalized spacial score (nSPS) is 12.1. The first kappa shape index (κ1) is 10.5. The first-order valence-electron chi connectivity index (χ1n) is 4.00. The van der Waals surface area contributed by atoms with Crippen LogP contribution in [0.5, 0.6) is 0 Å². The Bertz CT molecular complexity index is 304. The van der Waals surface area contributed by atoms with Gasteiger partial charge in [-0.2, -0.15) is 5.12 Å². The van der Waals surface area contributed by atoms with Crippen molar-refractivity contribution in [3.05, 3.63) is 30.3 Å². The van der Waals surface area contributed by atoms with Gasteiger partial charge in [-0.05, 0) is 12.1 Å². The van der Waals surface area contributed by atoms with E-state index in [4.69, 9.17) is 10.2 Å². The van der Waals surface area contributed by atoms with Crippen molar-refractivity contribution in [2.45, 2.75) is 6.04 Å². The van der Waals surface area contributed by atoms with Gasteiger partial charge in [-0.25, -0.2) is 4.79 Å². The first-order chi connectivity index (χ1) is 6.66. The highest BCUT2D eigenvalue weighted by Crippen LogP contribution is 2.16. The number of carboxylic acids is 1. The summed E-state index contributed by atoms with van der Waals surface area (Å²) in [7, 11) is 0. The topological polar surface area (TPSA) is 60.8 Å². The molecule has 0 spiro atoms. The molecule has 0 aliphatic carbocycles. The van der Waals surface area contributed by atoms with Crippen molar-refractivity contribution in [1.29, 1.82) is 0 Å². The molecule has 0 radical (unpaired) electrons. The lowest BCUT2D eigenvalue weighted by Gasteiger charge is -2.19. The minimum Gasteiger partial charge on any atom is -0.480 e. The van der Waals surface area contributed by atoms with Gasteiger partial charge in [0, 0.05) is 0 Å². The van der Waals surface area contributed by atoms with Crippen LogP contribution < -0.4 is 5.12 Å². The number of aliphatic hydroxyl groups is 1. The third-order valence-corrected chi connectivity index (χ3v) is 1.73. The van der Waals surface area contributed by atoms with Crippen LogP contribution in [0.4, 0.5) is 10.2 Å². The summed E-state index contributed by atoms with van der Waals surface area (Å²) in [5, 5.41) is 17.3. The van der Waals surface area contributed by atoms with E-state index in [9.17, 15) is 9.28 Å². The molecule has 1 atom stereocenters. The number of halogens is 1. The Hall–Kier alpha value is -1.62. The lowest BCUT2D eigenvalue weighted by Crippen LogP contribution is -2.38. The number of carboxylic acid groups (broad SMARTS) is 1. The lowest BCUT2D eigenvalue weighted by atomic mass is 10.2. The van der Waals surface area contributed by atoms with Gasteiger partial charge in [-0.3, -0.25) is 0 Å². The molecule has 0 saturated heterocycles. The average molecular weight is 199 g/mol. The van der Waals surface area contributed by atoms with E-state index < -0.39 is 18.6 Å². The summed E-state index contributed by atoms with van der Waals surface area (Å²) >= 11 is 0. The fourth-order valence-corrected chi connectivity index (χ4v) is 0.997. The third-order valence-electron chi connectivity index (χ3n) is 1.73. The number of carbonyl (C=O) groups is 1. The zero-order valence-electron chi connectivity index (χ0n) is 7.30. The first-order valence-corrected chi connectivity index (χ1v) is 4.00. The Kier molecular flexibility index (Phi) is 3.41. The smallest absolute Gasteiger partial charge is 0.331 e. The number of anilines is 1. The fraction of sp³-hybridized carbons (Fsp3) is 0.222. The molecule has 0 aliphatic heterocycles. The Labute approximate surface area is 80.1 Å². The van der Waals surface area contributed by atoms with Crippen molar-refractivity contribution in [3.63, 3.8) is 0 Å². The third kappa shape index (κ3) is 2.20. The van der Waals surface area contributed by atoms with Crippen molar-refractivity contribution in [1.82, 2.24) is 0 Å².